The Hall–Kier alpha value is -0.610. The summed E-state index contributed by atoms with van der Waals surface area (Å²) >= 11 is 0. The zero-order valence-corrected chi connectivity index (χ0v) is 9.34. The van der Waals surface area contributed by atoms with Crippen molar-refractivity contribution in [2.45, 2.75) is 31.8 Å². The molecule has 0 radical (unpaired) electrons. The molecule has 1 aliphatic rings. The Labute approximate surface area is 86.0 Å². The molecule has 2 atom stereocenters. The molecule has 0 bridgehead atoms. The summed E-state index contributed by atoms with van der Waals surface area (Å²) in [6.45, 7) is 3.94. The molecule has 82 valence electrons. The highest BCUT2D eigenvalue weighted by Crippen LogP contribution is 2.09. The summed E-state index contributed by atoms with van der Waals surface area (Å²) < 4.78 is 0. The summed E-state index contributed by atoms with van der Waals surface area (Å²) in [5.41, 5.74) is 0. The second kappa shape index (κ2) is 5.32. The maximum absolute atomic E-state index is 11.8. The molecule has 1 heterocycles. The molecule has 1 aliphatic heterocycles. The van der Waals surface area contributed by atoms with Gasteiger partial charge >= 0.3 is 0 Å². The number of nitrogens with one attached hydrogen (secondary N) is 2. The predicted molar refractivity (Wildman–Crippen MR) is 57.2 cm³/mol. The number of carbonyl (C=O) groups excluding carboxylic acids is 1. The van der Waals surface area contributed by atoms with Crippen LogP contribution in [0, 0.1) is 0 Å². The molecule has 1 amide bonds. The van der Waals surface area contributed by atoms with Gasteiger partial charge in [-0.15, -0.1) is 0 Å². The third-order valence-electron chi connectivity index (χ3n) is 2.81. The van der Waals surface area contributed by atoms with Crippen molar-refractivity contribution in [2.24, 2.45) is 0 Å². The minimum atomic E-state index is 0.0346. The van der Waals surface area contributed by atoms with E-state index in [1.54, 1.807) is 0 Å². The van der Waals surface area contributed by atoms with Crippen molar-refractivity contribution in [1.29, 1.82) is 0 Å². The third kappa shape index (κ3) is 2.96. The van der Waals surface area contributed by atoms with Gasteiger partial charge in [-0.05, 0) is 40.4 Å². The summed E-state index contributed by atoms with van der Waals surface area (Å²) in [6.07, 6.45) is 1.92. The summed E-state index contributed by atoms with van der Waals surface area (Å²) in [5, 5.41) is 6.10. The zero-order valence-electron chi connectivity index (χ0n) is 9.34. The quantitative estimate of drug-likeness (QED) is 0.662. The molecule has 2 unspecified atom stereocenters. The Morgan fingerprint density at radius 1 is 1.64 bits per heavy atom. The molecule has 0 aromatic carbocycles. The second-order valence-electron chi connectivity index (χ2n) is 4.09. The Morgan fingerprint density at radius 2 is 2.36 bits per heavy atom. The molecule has 14 heavy (non-hydrogen) atoms. The van der Waals surface area contributed by atoms with Crippen molar-refractivity contribution in [2.75, 3.05) is 27.2 Å². The standard InChI is InChI=1S/C10H21N3O/c1-8-5-7-13(3)9(4-6-11-2)10(14)12-8/h8-9,11H,4-7H2,1-3H3,(H,12,14). The highest BCUT2D eigenvalue weighted by atomic mass is 16.2. The van der Waals surface area contributed by atoms with E-state index in [1.807, 2.05) is 14.1 Å². The molecule has 4 nitrogen and oxygen atoms in total. The van der Waals surface area contributed by atoms with Crippen LogP contribution in [0.15, 0.2) is 0 Å². The van der Waals surface area contributed by atoms with Gasteiger partial charge < -0.3 is 10.6 Å². The number of nitrogens with zero attached hydrogens (tertiary/aromatic N) is 1. The topological polar surface area (TPSA) is 44.4 Å². The average Bonchev–Trinajstić information content (AvgIpc) is 2.25. The first-order chi connectivity index (χ1) is 6.65. The van der Waals surface area contributed by atoms with Crippen LogP contribution in [0.1, 0.15) is 19.8 Å². The molecule has 0 spiro atoms. The van der Waals surface area contributed by atoms with Gasteiger partial charge in [-0.3, -0.25) is 9.69 Å². The summed E-state index contributed by atoms with van der Waals surface area (Å²) in [5.74, 6) is 0.174. The maximum Gasteiger partial charge on any atom is 0.237 e. The lowest BCUT2D eigenvalue weighted by molar-refractivity contribution is -0.125. The number of amides is 1. The van der Waals surface area contributed by atoms with E-state index in [2.05, 4.69) is 22.5 Å². The van der Waals surface area contributed by atoms with E-state index in [9.17, 15) is 4.79 Å². The van der Waals surface area contributed by atoms with E-state index in [0.717, 1.165) is 25.9 Å². The van der Waals surface area contributed by atoms with Gasteiger partial charge in [-0.25, -0.2) is 0 Å². The van der Waals surface area contributed by atoms with Crippen LogP contribution in [-0.4, -0.2) is 50.1 Å². The first-order valence-corrected chi connectivity index (χ1v) is 5.30. The SMILES string of the molecule is CNCCC1C(=O)NC(C)CCN1C. The van der Waals surface area contributed by atoms with Crippen LogP contribution in [0.5, 0.6) is 0 Å². The number of carbonyl (C=O) groups is 1. The van der Waals surface area contributed by atoms with Crippen LogP contribution >= 0.6 is 0 Å². The minimum absolute atomic E-state index is 0.0346. The maximum atomic E-state index is 11.8. The van der Waals surface area contributed by atoms with E-state index < -0.39 is 0 Å². The average molecular weight is 199 g/mol. The smallest absolute Gasteiger partial charge is 0.237 e. The highest BCUT2D eigenvalue weighted by molar-refractivity contribution is 5.82. The van der Waals surface area contributed by atoms with Crippen molar-refractivity contribution in [1.82, 2.24) is 15.5 Å². The van der Waals surface area contributed by atoms with Gasteiger partial charge in [0.15, 0.2) is 0 Å². The van der Waals surface area contributed by atoms with Gasteiger partial charge in [0.2, 0.25) is 5.91 Å². The van der Waals surface area contributed by atoms with E-state index in [0.29, 0.717) is 6.04 Å². The molecule has 0 aromatic rings. The Kier molecular flexibility index (Phi) is 4.35. The monoisotopic (exact) mass is 199 g/mol. The predicted octanol–water partition coefficient (Wildman–Crippen LogP) is -0.195. The molecule has 1 rings (SSSR count). The van der Waals surface area contributed by atoms with Crippen LogP contribution in [-0.2, 0) is 4.79 Å². The van der Waals surface area contributed by atoms with Crippen LogP contribution in [0.3, 0.4) is 0 Å². The fraction of sp³-hybridized carbons (Fsp3) is 0.900. The third-order valence-corrected chi connectivity index (χ3v) is 2.81. The van der Waals surface area contributed by atoms with E-state index in [-0.39, 0.29) is 11.9 Å². The van der Waals surface area contributed by atoms with Gasteiger partial charge in [0, 0.05) is 12.6 Å². The van der Waals surface area contributed by atoms with Crippen molar-refractivity contribution in [3.8, 4) is 0 Å². The second-order valence-corrected chi connectivity index (χ2v) is 4.09. The van der Waals surface area contributed by atoms with Gasteiger partial charge in [-0.1, -0.05) is 0 Å². The minimum Gasteiger partial charge on any atom is -0.352 e. The van der Waals surface area contributed by atoms with E-state index in [4.69, 9.17) is 0 Å². The van der Waals surface area contributed by atoms with Gasteiger partial charge in [-0.2, -0.15) is 0 Å². The molecular weight excluding hydrogens is 178 g/mol. The fourth-order valence-corrected chi connectivity index (χ4v) is 1.80. The number of hydrogen-bond acceptors (Lipinski definition) is 3. The first kappa shape index (κ1) is 11.5. The molecular formula is C10H21N3O. The number of likely N-dealkylation sites (N-methyl/N-ethyl adjacent to an activating group) is 1. The Bertz CT molecular complexity index is 196. The Balaban J connectivity index is 2.54. The van der Waals surface area contributed by atoms with Crippen LogP contribution in [0.4, 0.5) is 0 Å². The number of hydrogen-bond donors (Lipinski definition) is 2. The lowest BCUT2D eigenvalue weighted by Crippen LogP contribution is -2.44. The lowest BCUT2D eigenvalue weighted by Gasteiger charge is -2.23. The van der Waals surface area contributed by atoms with E-state index >= 15 is 0 Å². The van der Waals surface area contributed by atoms with Crippen LogP contribution in [0.2, 0.25) is 0 Å². The van der Waals surface area contributed by atoms with Crippen molar-refractivity contribution >= 4 is 5.91 Å². The Morgan fingerprint density at radius 3 is 3.00 bits per heavy atom. The summed E-state index contributed by atoms with van der Waals surface area (Å²) in [7, 11) is 3.94. The van der Waals surface area contributed by atoms with Gasteiger partial charge in [0.1, 0.15) is 0 Å². The number of rotatable bonds is 3. The largest absolute Gasteiger partial charge is 0.352 e. The van der Waals surface area contributed by atoms with Crippen molar-refractivity contribution in [3.63, 3.8) is 0 Å². The highest BCUT2D eigenvalue weighted by Gasteiger charge is 2.26. The molecule has 1 fully saturated rings. The van der Waals surface area contributed by atoms with Gasteiger partial charge in [0.25, 0.3) is 0 Å². The molecule has 0 saturated carbocycles. The lowest BCUT2D eigenvalue weighted by atomic mass is 10.1. The van der Waals surface area contributed by atoms with E-state index in [1.165, 1.54) is 0 Å². The molecule has 1 saturated heterocycles. The first-order valence-electron chi connectivity index (χ1n) is 5.30. The van der Waals surface area contributed by atoms with Crippen LogP contribution < -0.4 is 10.6 Å². The zero-order chi connectivity index (χ0) is 10.6. The summed E-state index contributed by atoms with van der Waals surface area (Å²) in [6, 6.07) is 0.344. The normalized spacial score (nSPS) is 29.8. The van der Waals surface area contributed by atoms with Crippen molar-refractivity contribution in [3.05, 3.63) is 0 Å². The fourth-order valence-electron chi connectivity index (χ4n) is 1.80. The summed E-state index contributed by atoms with van der Waals surface area (Å²) in [4.78, 5) is 13.9. The van der Waals surface area contributed by atoms with Crippen molar-refractivity contribution < 1.29 is 4.79 Å². The molecule has 4 heteroatoms. The van der Waals surface area contributed by atoms with Crippen LogP contribution in [0.25, 0.3) is 0 Å². The molecule has 2 N–H and O–H groups in total. The van der Waals surface area contributed by atoms with Gasteiger partial charge in [0.05, 0.1) is 6.04 Å². The molecule has 0 aliphatic carbocycles. The molecule has 0 aromatic heterocycles.